The monoisotopic (exact) mass is 448 g/mol. The molecule has 0 unspecified atom stereocenters. The number of cyclic esters (lactones) is 1. The van der Waals surface area contributed by atoms with Crippen molar-refractivity contribution in [3.05, 3.63) is 47.7 Å². The molecule has 2 amide bonds. The maximum atomic E-state index is 12.4. The van der Waals surface area contributed by atoms with E-state index in [1.165, 1.54) is 18.1 Å². The Morgan fingerprint density at radius 1 is 1.22 bits per heavy atom. The first kappa shape index (κ1) is 24.7. The summed E-state index contributed by atoms with van der Waals surface area (Å²) >= 11 is 0. The largest absolute Gasteiger partial charge is 0.464 e. The number of alkyl carbamates (subject to hydrolysis) is 1. The van der Waals surface area contributed by atoms with E-state index in [0.29, 0.717) is 0 Å². The topological polar surface area (TPSA) is 120 Å². The summed E-state index contributed by atoms with van der Waals surface area (Å²) < 4.78 is 20.0. The number of benzene rings is 1. The molecule has 1 saturated heterocycles. The van der Waals surface area contributed by atoms with Gasteiger partial charge in [0.05, 0.1) is 7.11 Å². The molecule has 1 heterocycles. The van der Waals surface area contributed by atoms with E-state index >= 15 is 0 Å². The zero-order valence-electron chi connectivity index (χ0n) is 18.6. The van der Waals surface area contributed by atoms with E-state index in [9.17, 15) is 19.2 Å². The quantitative estimate of drug-likeness (QED) is 0.384. The van der Waals surface area contributed by atoms with E-state index in [1.807, 2.05) is 30.3 Å². The van der Waals surface area contributed by atoms with Gasteiger partial charge in [-0.05, 0) is 39.2 Å². The number of carbonyl (C=O) groups is 4. The number of hydrogen-bond acceptors (Lipinski definition) is 8. The molecule has 1 aromatic rings. The average Bonchev–Trinajstić information content (AvgIpc) is 3.10. The molecular weight excluding hydrogens is 420 g/mol. The van der Waals surface area contributed by atoms with Gasteiger partial charge in [0, 0.05) is 0 Å². The standard InChI is InChI=1S/C22H28N2O8/c1-22(2,3)32-20(27)23-16(18(25)29-4)11-8-12-17-19(26)31-14-24(17)21(28)30-13-15-9-6-5-7-10-15/h5-7,9-11,17H,8,12-14H2,1-4H3,(H,23,27)/b16-11-/t17-/m0/s1. The Morgan fingerprint density at radius 2 is 1.91 bits per heavy atom. The van der Waals surface area contributed by atoms with Crippen molar-refractivity contribution < 1.29 is 38.1 Å². The number of esters is 2. The lowest BCUT2D eigenvalue weighted by Gasteiger charge is -2.20. The molecule has 1 N–H and O–H groups in total. The van der Waals surface area contributed by atoms with Crippen LogP contribution in [0.2, 0.25) is 0 Å². The molecule has 1 aliphatic heterocycles. The number of ether oxygens (including phenoxy) is 4. The Morgan fingerprint density at radius 3 is 2.53 bits per heavy atom. The van der Waals surface area contributed by atoms with Crippen molar-refractivity contribution in [2.75, 3.05) is 13.8 Å². The van der Waals surface area contributed by atoms with E-state index in [2.05, 4.69) is 10.1 Å². The first-order chi connectivity index (χ1) is 15.1. The van der Waals surface area contributed by atoms with E-state index in [-0.39, 0.29) is 31.9 Å². The van der Waals surface area contributed by atoms with Crippen LogP contribution in [-0.4, -0.2) is 54.5 Å². The second-order valence-corrected chi connectivity index (χ2v) is 7.93. The van der Waals surface area contributed by atoms with Crippen LogP contribution >= 0.6 is 0 Å². The van der Waals surface area contributed by atoms with Crippen LogP contribution in [0.15, 0.2) is 42.1 Å². The number of hydrogen-bond donors (Lipinski definition) is 1. The molecule has 174 valence electrons. The molecule has 0 bridgehead atoms. The van der Waals surface area contributed by atoms with Crippen LogP contribution in [-0.2, 0) is 35.1 Å². The van der Waals surface area contributed by atoms with Crippen LogP contribution in [0.25, 0.3) is 0 Å². The van der Waals surface area contributed by atoms with Crippen molar-refractivity contribution in [1.82, 2.24) is 10.2 Å². The average molecular weight is 448 g/mol. The van der Waals surface area contributed by atoms with Crippen LogP contribution in [0.4, 0.5) is 9.59 Å². The number of allylic oxidation sites excluding steroid dienone is 1. The highest BCUT2D eigenvalue weighted by molar-refractivity contribution is 5.92. The van der Waals surface area contributed by atoms with Crippen molar-refractivity contribution in [1.29, 1.82) is 0 Å². The molecule has 1 fully saturated rings. The maximum absolute atomic E-state index is 12.4. The Hall–Kier alpha value is -3.56. The molecule has 0 spiro atoms. The van der Waals surface area contributed by atoms with Gasteiger partial charge in [0.15, 0.2) is 6.73 Å². The normalized spacial score (nSPS) is 16.2. The van der Waals surface area contributed by atoms with E-state index < -0.39 is 35.8 Å². The molecule has 0 aromatic heterocycles. The summed E-state index contributed by atoms with van der Waals surface area (Å²) in [5.41, 5.74) is -0.0754. The molecule has 32 heavy (non-hydrogen) atoms. The van der Waals surface area contributed by atoms with Crippen molar-refractivity contribution in [3.8, 4) is 0 Å². The van der Waals surface area contributed by atoms with Crippen LogP contribution in [0, 0.1) is 0 Å². The molecule has 1 aromatic carbocycles. The number of nitrogens with zero attached hydrogens (tertiary/aromatic N) is 1. The molecule has 10 heteroatoms. The minimum Gasteiger partial charge on any atom is -0.464 e. The zero-order valence-corrected chi connectivity index (χ0v) is 18.6. The first-order valence-electron chi connectivity index (χ1n) is 10.0. The molecule has 2 rings (SSSR count). The number of amides is 2. The second kappa shape index (κ2) is 11.2. The van der Waals surface area contributed by atoms with Crippen molar-refractivity contribution in [2.45, 2.75) is 51.9 Å². The summed E-state index contributed by atoms with van der Waals surface area (Å²) in [4.78, 5) is 49.6. The van der Waals surface area contributed by atoms with Gasteiger partial charge in [0.25, 0.3) is 0 Å². The number of rotatable bonds is 7. The van der Waals surface area contributed by atoms with Crippen molar-refractivity contribution in [3.63, 3.8) is 0 Å². The third kappa shape index (κ3) is 7.60. The molecule has 0 aliphatic carbocycles. The minimum atomic E-state index is -0.880. The second-order valence-electron chi connectivity index (χ2n) is 7.93. The van der Waals surface area contributed by atoms with Crippen LogP contribution in [0.1, 0.15) is 39.2 Å². The van der Waals surface area contributed by atoms with Gasteiger partial charge in [-0.25, -0.2) is 19.2 Å². The SMILES string of the molecule is COC(=O)/C(=C/CC[C@H]1C(=O)OCN1C(=O)OCc1ccccc1)NC(=O)OC(C)(C)C. The molecule has 1 atom stereocenters. The van der Waals surface area contributed by atoms with Gasteiger partial charge < -0.3 is 18.9 Å². The summed E-state index contributed by atoms with van der Waals surface area (Å²) in [5.74, 6) is -1.35. The Kier molecular flexibility index (Phi) is 8.62. The van der Waals surface area contributed by atoms with Crippen LogP contribution < -0.4 is 5.32 Å². The van der Waals surface area contributed by atoms with Crippen LogP contribution in [0.3, 0.4) is 0 Å². The zero-order chi connectivity index (χ0) is 23.7. The minimum absolute atomic E-state index is 0.0588. The van der Waals surface area contributed by atoms with Gasteiger partial charge in [-0.1, -0.05) is 36.4 Å². The highest BCUT2D eigenvalue weighted by atomic mass is 16.6. The van der Waals surface area contributed by atoms with Crippen molar-refractivity contribution >= 4 is 24.1 Å². The highest BCUT2D eigenvalue weighted by Crippen LogP contribution is 2.19. The Balaban J connectivity index is 1.97. The number of nitrogens with one attached hydrogen (secondary N) is 1. The van der Waals surface area contributed by atoms with Gasteiger partial charge in [0.1, 0.15) is 23.9 Å². The predicted octanol–water partition coefficient (Wildman–Crippen LogP) is 2.87. The highest BCUT2D eigenvalue weighted by Gasteiger charge is 2.38. The predicted molar refractivity (Wildman–Crippen MR) is 112 cm³/mol. The summed E-state index contributed by atoms with van der Waals surface area (Å²) in [6, 6.07) is 8.24. The first-order valence-corrected chi connectivity index (χ1v) is 10.0. The lowest BCUT2D eigenvalue weighted by Crippen LogP contribution is -2.38. The van der Waals surface area contributed by atoms with Crippen molar-refractivity contribution in [2.24, 2.45) is 0 Å². The third-order valence-electron chi connectivity index (χ3n) is 4.26. The summed E-state index contributed by atoms with van der Waals surface area (Å²) in [6.45, 7) is 4.89. The summed E-state index contributed by atoms with van der Waals surface area (Å²) in [6.07, 6.45) is 0.210. The summed E-state index contributed by atoms with van der Waals surface area (Å²) in [7, 11) is 1.17. The Bertz CT molecular complexity index is 860. The fourth-order valence-electron chi connectivity index (χ4n) is 2.80. The van der Waals surface area contributed by atoms with Gasteiger partial charge >= 0.3 is 24.1 Å². The van der Waals surface area contributed by atoms with Gasteiger partial charge in [-0.3, -0.25) is 10.2 Å². The third-order valence-corrected chi connectivity index (χ3v) is 4.26. The van der Waals surface area contributed by atoms with Gasteiger partial charge in [-0.2, -0.15) is 0 Å². The van der Waals surface area contributed by atoms with E-state index in [1.54, 1.807) is 20.8 Å². The molecule has 0 radical (unpaired) electrons. The fourth-order valence-corrected chi connectivity index (χ4v) is 2.80. The number of carbonyl (C=O) groups excluding carboxylic acids is 4. The molecule has 1 aliphatic rings. The Labute approximate surface area is 186 Å². The molecule has 0 saturated carbocycles. The fraction of sp³-hybridized carbons (Fsp3) is 0.455. The number of methoxy groups -OCH3 is 1. The van der Waals surface area contributed by atoms with Gasteiger partial charge in [-0.15, -0.1) is 0 Å². The summed E-state index contributed by atoms with van der Waals surface area (Å²) in [5, 5.41) is 2.34. The lowest BCUT2D eigenvalue weighted by molar-refractivity contribution is -0.139. The smallest absolute Gasteiger partial charge is 0.413 e. The van der Waals surface area contributed by atoms with E-state index in [4.69, 9.17) is 14.2 Å². The molecular formula is C22H28N2O8. The maximum Gasteiger partial charge on any atom is 0.413 e. The lowest BCUT2D eigenvalue weighted by atomic mass is 10.1. The molecule has 10 nitrogen and oxygen atoms in total. The van der Waals surface area contributed by atoms with Crippen LogP contribution in [0.5, 0.6) is 0 Å². The van der Waals surface area contributed by atoms with E-state index in [0.717, 1.165) is 5.56 Å². The van der Waals surface area contributed by atoms with Gasteiger partial charge in [0.2, 0.25) is 0 Å².